The quantitative estimate of drug-likeness (QED) is 0.893. The van der Waals surface area contributed by atoms with E-state index in [2.05, 4.69) is 20.5 Å². The van der Waals surface area contributed by atoms with E-state index in [1.807, 2.05) is 23.4 Å². The van der Waals surface area contributed by atoms with Crippen molar-refractivity contribution in [2.45, 2.75) is 31.7 Å². The Hall–Kier alpha value is -1.04. The number of nitrogens with zero attached hydrogens (tertiary/aromatic N) is 4. The normalized spacial score (nSPS) is 29.3. The Kier molecular flexibility index (Phi) is 3.54. The second-order valence-electron chi connectivity index (χ2n) is 5.05. The molecule has 0 aromatic carbocycles. The number of thioether (sulfide) groups is 1. The molecule has 0 bridgehead atoms. The Balaban J connectivity index is 1.52. The summed E-state index contributed by atoms with van der Waals surface area (Å²) in [6, 6.07) is 0.680. The van der Waals surface area contributed by atoms with E-state index < -0.39 is 0 Å². The van der Waals surface area contributed by atoms with Crippen LogP contribution in [0.3, 0.4) is 0 Å². The van der Waals surface area contributed by atoms with E-state index in [-0.39, 0.29) is 0 Å². The van der Waals surface area contributed by atoms with Crippen LogP contribution >= 0.6 is 11.8 Å². The number of hydrogen-bond acceptors (Lipinski definition) is 4. The van der Waals surface area contributed by atoms with E-state index in [0.717, 1.165) is 29.9 Å². The van der Waals surface area contributed by atoms with Crippen molar-refractivity contribution in [2.24, 2.45) is 18.0 Å². The van der Waals surface area contributed by atoms with E-state index in [1.165, 1.54) is 25.0 Å². The van der Waals surface area contributed by atoms with Crippen molar-refractivity contribution in [1.29, 1.82) is 0 Å². The number of hydrogen-bond donors (Lipinski definition) is 1. The van der Waals surface area contributed by atoms with Crippen LogP contribution in [0.15, 0.2) is 11.3 Å². The van der Waals surface area contributed by atoms with Gasteiger partial charge in [0.2, 0.25) is 0 Å². The Bertz CT molecular complexity index is 441. The lowest BCUT2D eigenvalue weighted by atomic mass is 10.1. The molecule has 98 valence electrons. The minimum atomic E-state index is 0.680. The second-order valence-corrected chi connectivity index (χ2v) is 6.06. The third-order valence-corrected chi connectivity index (χ3v) is 4.91. The lowest BCUT2D eigenvalue weighted by molar-refractivity contribution is 0.489. The highest BCUT2D eigenvalue weighted by molar-refractivity contribution is 8.13. The molecule has 2 aliphatic rings. The Labute approximate surface area is 111 Å². The van der Waals surface area contributed by atoms with Crippen molar-refractivity contribution in [3.63, 3.8) is 0 Å². The smallest absolute Gasteiger partial charge is 0.156 e. The second kappa shape index (κ2) is 5.30. The molecule has 2 fully saturated rings. The molecule has 1 aliphatic heterocycles. The number of fused-ring (bicyclic) bond motifs is 1. The summed E-state index contributed by atoms with van der Waals surface area (Å²) in [6.07, 6.45) is 6.66. The van der Waals surface area contributed by atoms with Gasteiger partial charge in [-0.25, -0.2) is 0 Å². The summed E-state index contributed by atoms with van der Waals surface area (Å²) in [7, 11) is 1.97. The summed E-state index contributed by atoms with van der Waals surface area (Å²) in [5.41, 5.74) is 0. The average molecular weight is 265 g/mol. The van der Waals surface area contributed by atoms with Crippen LogP contribution in [0.1, 0.15) is 25.1 Å². The zero-order valence-electron chi connectivity index (χ0n) is 10.7. The van der Waals surface area contributed by atoms with Gasteiger partial charge in [0.25, 0.3) is 0 Å². The molecule has 2 heterocycles. The molecule has 1 N–H and O–H groups in total. The number of aliphatic imine (C=N–C) groups is 1. The highest BCUT2D eigenvalue weighted by atomic mass is 32.2. The van der Waals surface area contributed by atoms with Crippen molar-refractivity contribution in [3.8, 4) is 0 Å². The number of nitrogens with one attached hydrogen (secondary N) is 1. The standard InChI is InChI=1S/C12H19N5S/c1-17-8-14-16-11(17)5-6-13-12-15-10-4-2-3-9(10)7-18-12/h8-10H,2-7H2,1H3,(H,13,15). The van der Waals surface area contributed by atoms with Gasteiger partial charge in [-0.15, -0.1) is 10.2 Å². The van der Waals surface area contributed by atoms with Gasteiger partial charge in [-0.1, -0.05) is 18.2 Å². The molecule has 1 aromatic rings. The maximum Gasteiger partial charge on any atom is 0.156 e. The molecule has 18 heavy (non-hydrogen) atoms. The first-order chi connectivity index (χ1) is 8.83. The van der Waals surface area contributed by atoms with Crippen molar-refractivity contribution < 1.29 is 0 Å². The van der Waals surface area contributed by atoms with E-state index in [4.69, 9.17) is 0 Å². The van der Waals surface area contributed by atoms with Gasteiger partial charge >= 0.3 is 0 Å². The molecule has 0 radical (unpaired) electrons. The fourth-order valence-corrected chi connectivity index (χ4v) is 3.88. The molecule has 3 rings (SSSR count). The Morgan fingerprint density at radius 3 is 3.33 bits per heavy atom. The van der Waals surface area contributed by atoms with E-state index in [0.29, 0.717) is 6.04 Å². The van der Waals surface area contributed by atoms with E-state index >= 15 is 0 Å². The summed E-state index contributed by atoms with van der Waals surface area (Å²) in [5, 5.41) is 12.6. The molecule has 1 saturated carbocycles. The van der Waals surface area contributed by atoms with Gasteiger partial charge in [0.05, 0.1) is 0 Å². The van der Waals surface area contributed by atoms with Crippen molar-refractivity contribution in [2.75, 3.05) is 12.3 Å². The number of rotatable bonds is 3. The van der Waals surface area contributed by atoms with Crippen LogP contribution in [0.5, 0.6) is 0 Å². The van der Waals surface area contributed by atoms with Gasteiger partial charge in [0, 0.05) is 31.8 Å². The van der Waals surface area contributed by atoms with Crippen molar-refractivity contribution in [3.05, 3.63) is 12.2 Å². The molecular weight excluding hydrogens is 246 g/mol. The van der Waals surface area contributed by atoms with Gasteiger partial charge in [-0.3, -0.25) is 4.99 Å². The average Bonchev–Trinajstić information content (AvgIpc) is 2.98. The summed E-state index contributed by atoms with van der Waals surface area (Å²) < 4.78 is 1.95. The number of aromatic nitrogens is 3. The van der Waals surface area contributed by atoms with Crippen LogP contribution in [0, 0.1) is 5.92 Å². The number of aryl methyl sites for hydroxylation is 1. The fraction of sp³-hybridized carbons (Fsp3) is 0.750. The summed E-state index contributed by atoms with van der Waals surface area (Å²) in [5.74, 6) is 3.10. The monoisotopic (exact) mass is 265 g/mol. The molecule has 0 amide bonds. The predicted molar refractivity (Wildman–Crippen MR) is 73.7 cm³/mol. The summed E-state index contributed by atoms with van der Waals surface area (Å²) in [6.45, 7) is 0.791. The summed E-state index contributed by atoms with van der Waals surface area (Å²) in [4.78, 5) is 4.65. The first kappa shape index (κ1) is 12.0. The first-order valence-corrected chi connectivity index (χ1v) is 7.58. The molecule has 2 unspecified atom stereocenters. The van der Waals surface area contributed by atoms with Gasteiger partial charge in [0.1, 0.15) is 12.2 Å². The van der Waals surface area contributed by atoms with Crippen LogP contribution in [-0.4, -0.2) is 38.3 Å². The van der Waals surface area contributed by atoms with Gasteiger partial charge in [0.15, 0.2) is 5.17 Å². The van der Waals surface area contributed by atoms with Crippen molar-refractivity contribution in [1.82, 2.24) is 20.1 Å². The van der Waals surface area contributed by atoms with E-state index in [1.54, 1.807) is 6.33 Å². The molecule has 6 heteroatoms. The lowest BCUT2D eigenvalue weighted by Gasteiger charge is -2.28. The first-order valence-electron chi connectivity index (χ1n) is 6.59. The molecule has 1 saturated heterocycles. The minimum Gasteiger partial charge on any atom is -0.362 e. The third kappa shape index (κ3) is 2.53. The van der Waals surface area contributed by atoms with Gasteiger partial charge < -0.3 is 9.88 Å². The summed E-state index contributed by atoms with van der Waals surface area (Å²) >= 11 is 1.88. The van der Waals surface area contributed by atoms with E-state index in [9.17, 15) is 0 Å². The van der Waals surface area contributed by atoms with Crippen LogP contribution in [-0.2, 0) is 13.5 Å². The number of amidine groups is 1. The minimum absolute atomic E-state index is 0.680. The molecule has 2 atom stereocenters. The molecule has 1 aromatic heterocycles. The maximum absolute atomic E-state index is 4.65. The van der Waals surface area contributed by atoms with Crippen molar-refractivity contribution >= 4 is 16.9 Å². The SMILES string of the molecule is Cn1cnnc1CCN=C1NC2CCCC2CS1. The zero-order chi connectivity index (χ0) is 12.4. The topological polar surface area (TPSA) is 55.1 Å². The zero-order valence-corrected chi connectivity index (χ0v) is 11.5. The Morgan fingerprint density at radius 2 is 2.50 bits per heavy atom. The fourth-order valence-electron chi connectivity index (χ4n) is 2.69. The molecule has 1 aliphatic carbocycles. The highest BCUT2D eigenvalue weighted by Crippen LogP contribution is 2.32. The largest absolute Gasteiger partial charge is 0.362 e. The lowest BCUT2D eigenvalue weighted by Crippen LogP contribution is -2.41. The molecule has 0 spiro atoms. The highest BCUT2D eigenvalue weighted by Gasteiger charge is 2.31. The van der Waals surface area contributed by atoms with Crippen LogP contribution in [0.25, 0.3) is 0 Å². The molecular formula is C12H19N5S. The van der Waals surface area contributed by atoms with Crippen LogP contribution < -0.4 is 5.32 Å². The molecule has 5 nitrogen and oxygen atoms in total. The van der Waals surface area contributed by atoms with Gasteiger partial charge in [-0.05, 0) is 18.8 Å². The van der Waals surface area contributed by atoms with Crippen LogP contribution in [0.4, 0.5) is 0 Å². The predicted octanol–water partition coefficient (Wildman–Crippen LogP) is 1.22. The Morgan fingerprint density at radius 1 is 1.56 bits per heavy atom. The van der Waals surface area contributed by atoms with Crippen LogP contribution in [0.2, 0.25) is 0 Å². The van der Waals surface area contributed by atoms with Gasteiger partial charge in [-0.2, -0.15) is 0 Å². The maximum atomic E-state index is 4.65. The third-order valence-electron chi connectivity index (χ3n) is 3.80.